The number of hydrogen-bond donors (Lipinski definition) is 0. The van der Waals surface area contributed by atoms with E-state index in [1.165, 1.54) is 19.2 Å². The van der Waals surface area contributed by atoms with E-state index in [1.807, 2.05) is 24.3 Å². The van der Waals surface area contributed by atoms with Gasteiger partial charge in [0.25, 0.3) is 0 Å². The van der Waals surface area contributed by atoms with Crippen LogP contribution in [0.4, 0.5) is 0 Å². The highest BCUT2D eigenvalue weighted by Crippen LogP contribution is 2.20. The van der Waals surface area contributed by atoms with Gasteiger partial charge >= 0.3 is 0 Å². The molecule has 0 aliphatic carbocycles. The van der Waals surface area contributed by atoms with Crippen molar-refractivity contribution >= 4 is 0 Å². The fourth-order valence-electron chi connectivity index (χ4n) is 1.53. The number of rotatable bonds is 6. The molecule has 2 rings (SSSR count). The van der Waals surface area contributed by atoms with Gasteiger partial charge in [-0.05, 0) is 30.7 Å². The van der Waals surface area contributed by atoms with Gasteiger partial charge < -0.3 is 9.15 Å². The normalized spacial score (nSPS) is 10.4. The molecule has 0 aliphatic rings. The van der Waals surface area contributed by atoms with Gasteiger partial charge in [-0.25, -0.2) is 0 Å². The molecule has 1 aromatic heterocycles. The van der Waals surface area contributed by atoms with Crippen LogP contribution in [0.1, 0.15) is 26.2 Å². The second-order valence-electron chi connectivity index (χ2n) is 3.82. The Kier molecular flexibility index (Phi) is 4.13. The van der Waals surface area contributed by atoms with E-state index in [0.717, 1.165) is 24.3 Å². The molecule has 0 saturated heterocycles. The van der Waals surface area contributed by atoms with E-state index in [-0.39, 0.29) is 0 Å². The lowest BCUT2D eigenvalue weighted by molar-refractivity contribution is 0.306. The lowest BCUT2D eigenvalue weighted by Crippen LogP contribution is -1.96. The SMILES string of the molecule is CCCCCOc1ccc(-c2nnco2)cc1. The Bertz CT molecular complexity index is 423. The van der Waals surface area contributed by atoms with Gasteiger partial charge in [0, 0.05) is 5.56 Å². The molecule has 0 saturated carbocycles. The highest BCUT2D eigenvalue weighted by molar-refractivity contribution is 5.53. The fourth-order valence-corrected chi connectivity index (χ4v) is 1.53. The first kappa shape index (κ1) is 11.6. The summed E-state index contributed by atoms with van der Waals surface area (Å²) in [5, 5.41) is 7.49. The molecule has 4 nitrogen and oxygen atoms in total. The summed E-state index contributed by atoms with van der Waals surface area (Å²) in [7, 11) is 0. The summed E-state index contributed by atoms with van der Waals surface area (Å²) in [6, 6.07) is 7.68. The average molecular weight is 232 g/mol. The standard InChI is InChI=1S/C13H16N2O2/c1-2-3-4-9-16-12-7-5-11(6-8-12)13-15-14-10-17-13/h5-8,10H,2-4,9H2,1H3. The van der Waals surface area contributed by atoms with Crippen LogP contribution < -0.4 is 4.74 Å². The maximum atomic E-state index is 5.61. The van der Waals surface area contributed by atoms with Gasteiger partial charge in [-0.3, -0.25) is 0 Å². The van der Waals surface area contributed by atoms with Crippen molar-refractivity contribution in [2.24, 2.45) is 0 Å². The van der Waals surface area contributed by atoms with Gasteiger partial charge in [0.05, 0.1) is 6.61 Å². The first-order valence-electron chi connectivity index (χ1n) is 5.89. The summed E-state index contributed by atoms with van der Waals surface area (Å²) in [4.78, 5) is 0. The summed E-state index contributed by atoms with van der Waals surface area (Å²) in [6.45, 7) is 2.95. The lowest BCUT2D eigenvalue weighted by atomic mass is 10.2. The Hall–Kier alpha value is -1.84. The van der Waals surface area contributed by atoms with Crippen LogP contribution in [0.15, 0.2) is 35.1 Å². The van der Waals surface area contributed by atoms with Gasteiger partial charge in [0.15, 0.2) is 0 Å². The topological polar surface area (TPSA) is 48.2 Å². The van der Waals surface area contributed by atoms with Crippen molar-refractivity contribution in [1.29, 1.82) is 0 Å². The molecule has 0 radical (unpaired) electrons. The third-order valence-electron chi connectivity index (χ3n) is 2.48. The summed E-state index contributed by atoms with van der Waals surface area (Å²) in [5.74, 6) is 1.41. The third kappa shape index (κ3) is 3.31. The third-order valence-corrected chi connectivity index (χ3v) is 2.48. The fraction of sp³-hybridized carbons (Fsp3) is 0.385. The molecule has 1 heterocycles. The molecule has 90 valence electrons. The molecule has 0 aliphatic heterocycles. The zero-order valence-electron chi connectivity index (χ0n) is 9.93. The van der Waals surface area contributed by atoms with Crippen LogP contribution in [0, 0.1) is 0 Å². The molecule has 0 N–H and O–H groups in total. The second-order valence-corrected chi connectivity index (χ2v) is 3.82. The summed E-state index contributed by atoms with van der Waals surface area (Å²) in [5.41, 5.74) is 0.906. The number of nitrogens with zero attached hydrogens (tertiary/aromatic N) is 2. The minimum Gasteiger partial charge on any atom is -0.494 e. The predicted molar refractivity (Wildman–Crippen MR) is 64.8 cm³/mol. The quantitative estimate of drug-likeness (QED) is 0.717. The van der Waals surface area contributed by atoms with E-state index in [1.54, 1.807) is 0 Å². The molecule has 4 heteroatoms. The zero-order valence-corrected chi connectivity index (χ0v) is 9.93. The molecule has 2 aromatic rings. The lowest BCUT2D eigenvalue weighted by Gasteiger charge is -2.05. The van der Waals surface area contributed by atoms with Crippen LogP contribution in [-0.4, -0.2) is 16.8 Å². The molecule has 0 atom stereocenters. The molecule has 17 heavy (non-hydrogen) atoms. The number of hydrogen-bond acceptors (Lipinski definition) is 4. The summed E-state index contributed by atoms with van der Waals surface area (Å²) in [6.07, 6.45) is 4.84. The van der Waals surface area contributed by atoms with Gasteiger partial charge in [-0.15, -0.1) is 10.2 Å². The van der Waals surface area contributed by atoms with E-state index < -0.39 is 0 Å². The van der Waals surface area contributed by atoms with Crippen molar-refractivity contribution in [1.82, 2.24) is 10.2 Å². The maximum absolute atomic E-state index is 5.61. The van der Waals surface area contributed by atoms with Crippen molar-refractivity contribution < 1.29 is 9.15 Å². The second kappa shape index (κ2) is 6.03. The van der Waals surface area contributed by atoms with Gasteiger partial charge in [-0.2, -0.15) is 0 Å². The van der Waals surface area contributed by atoms with Gasteiger partial charge in [0.2, 0.25) is 12.3 Å². The molecule has 0 amide bonds. The van der Waals surface area contributed by atoms with E-state index in [2.05, 4.69) is 17.1 Å². The van der Waals surface area contributed by atoms with E-state index in [9.17, 15) is 0 Å². The van der Waals surface area contributed by atoms with E-state index in [4.69, 9.17) is 9.15 Å². The Morgan fingerprint density at radius 3 is 2.65 bits per heavy atom. The number of unbranched alkanes of at least 4 members (excludes halogenated alkanes) is 2. The van der Waals surface area contributed by atoms with Crippen LogP contribution in [0.3, 0.4) is 0 Å². The maximum Gasteiger partial charge on any atom is 0.247 e. The molecular formula is C13H16N2O2. The van der Waals surface area contributed by atoms with Crippen LogP contribution in [0.25, 0.3) is 11.5 Å². The first-order chi connectivity index (χ1) is 8.40. The predicted octanol–water partition coefficient (Wildman–Crippen LogP) is 3.31. The molecular weight excluding hydrogens is 216 g/mol. The minimum absolute atomic E-state index is 0.530. The molecule has 0 bridgehead atoms. The summed E-state index contributed by atoms with van der Waals surface area (Å²) < 4.78 is 10.7. The van der Waals surface area contributed by atoms with Crippen molar-refractivity contribution in [3.8, 4) is 17.2 Å². The molecule has 0 unspecified atom stereocenters. The zero-order chi connectivity index (χ0) is 11.9. The van der Waals surface area contributed by atoms with Gasteiger partial charge in [-0.1, -0.05) is 19.8 Å². The first-order valence-corrected chi connectivity index (χ1v) is 5.89. The van der Waals surface area contributed by atoms with Crippen molar-refractivity contribution in [3.63, 3.8) is 0 Å². The summed E-state index contributed by atoms with van der Waals surface area (Å²) >= 11 is 0. The highest BCUT2D eigenvalue weighted by atomic mass is 16.5. The number of benzene rings is 1. The van der Waals surface area contributed by atoms with Crippen LogP contribution >= 0.6 is 0 Å². The largest absolute Gasteiger partial charge is 0.494 e. The van der Waals surface area contributed by atoms with Crippen molar-refractivity contribution in [2.75, 3.05) is 6.61 Å². The number of aromatic nitrogens is 2. The van der Waals surface area contributed by atoms with Crippen molar-refractivity contribution in [2.45, 2.75) is 26.2 Å². The average Bonchev–Trinajstić information content (AvgIpc) is 2.89. The molecule has 1 aromatic carbocycles. The molecule has 0 spiro atoms. The van der Waals surface area contributed by atoms with Gasteiger partial charge in [0.1, 0.15) is 5.75 Å². The van der Waals surface area contributed by atoms with Crippen LogP contribution in [-0.2, 0) is 0 Å². The Labute approximate surface area is 101 Å². The molecule has 0 fully saturated rings. The Balaban J connectivity index is 1.90. The smallest absolute Gasteiger partial charge is 0.247 e. The minimum atomic E-state index is 0.530. The van der Waals surface area contributed by atoms with Crippen LogP contribution in [0.5, 0.6) is 5.75 Å². The van der Waals surface area contributed by atoms with Crippen molar-refractivity contribution in [3.05, 3.63) is 30.7 Å². The van der Waals surface area contributed by atoms with E-state index in [0.29, 0.717) is 5.89 Å². The Morgan fingerprint density at radius 1 is 1.18 bits per heavy atom. The number of ether oxygens (including phenoxy) is 1. The monoisotopic (exact) mass is 232 g/mol. The highest BCUT2D eigenvalue weighted by Gasteiger charge is 2.02. The van der Waals surface area contributed by atoms with E-state index >= 15 is 0 Å². The van der Waals surface area contributed by atoms with Crippen LogP contribution in [0.2, 0.25) is 0 Å². The Morgan fingerprint density at radius 2 is 2.00 bits per heavy atom.